The Morgan fingerprint density at radius 3 is 2.20 bits per heavy atom. The van der Waals surface area contributed by atoms with Crippen LogP contribution in [-0.4, -0.2) is 23.0 Å². The monoisotopic (exact) mass is 492 g/mol. The molecule has 0 fully saturated rings. The van der Waals surface area contributed by atoms with Crippen LogP contribution in [0.4, 0.5) is 4.39 Å². The largest absolute Gasteiger partial charge is 0.541 e. The molecule has 1 N–H and O–H groups in total. The maximum atomic E-state index is 13.9. The molecular weight excluding hydrogens is 459 g/mol. The van der Waals surface area contributed by atoms with E-state index in [0.29, 0.717) is 44.2 Å². The van der Waals surface area contributed by atoms with Gasteiger partial charge in [-0.2, -0.15) is 0 Å². The fourth-order valence-electron chi connectivity index (χ4n) is 5.56. The van der Waals surface area contributed by atoms with Crippen molar-refractivity contribution in [3.05, 3.63) is 76.5 Å². The first-order valence-electron chi connectivity index (χ1n) is 12.1. The lowest BCUT2D eigenvalue weighted by atomic mass is 10.1. The van der Waals surface area contributed by atoms with Gasteiger partial charge in [0.05, 0.1) is 11.9 Å². The molecule has 2 heterocycles. The van der Waals surface area contributed by atoms with Crippen molar-refractivity contribution in [2.75, 3.05) is 0 Å². The number of halogens is 1. The molecule has 0 aliphatic carbocycles. The average Bonchev–Trinajstić information content (AvgIpc) is 2.80. The maximum absolute atomic E-state index is 13.9. The first-order chi connectivity index (χ1) is 16.6. The highest BCUT2D eigenvalue weighted by Crippen LogP contribution is 2.45. The second-order valence-corrected chi connectivity index (χ2v) is 15.6. The van der Waals surface area contributed by atoms with Gasteiger partial charge in [-0.25, -0.2) is 4.39 Å². The van der Waals surface area contributed by atoms with E-state index in [2.05, 4.69) is 46.5 Å². The molecule has 0 saturated heterocycles. The van der Waals surface area contributed by atoms with Crippen molar-refractivity contribution < 1.29 is 13.9 Å². The van der Waals surface area contributed by atoms with Crippen LogP contribution in [0.2, 0.25) is 16.6 Å². The highest BCUT2D eigenvalue weighted by Gasteiger charge is 2.47. The van der Waals surface area contributed by atoms with Crippen molar-refractivity contribution in [3.8, 4) is 11.6 Å². The van der Waals surface area contributed by atoms with Crippen LogP contribution in [0.1, 0.15) is 47.1 Å². The SMILES string of the molecule is CC(C)[Si](Oc1c2ncccc2cc2cc(O)n(Cc3ccc(F)cc3)c(=O)c12)(C(C)C)C(C)C. The molecule has 0 atom stereocenters. The van der Waals surface area contributed by atoms with Crippen LogP contribution < -0.4 is 9.99 Å². The summed E-state index contributed by atoms with van der Waals surface area (Å²) in [6.07, 6.45) is 1.71. The van der Waals surface area contributed by atoms with E-state index in [1.54, 1.807) is 24.4 Å². The number of benzene rings is 2. The maximum Gasteiger partial charge on any atom is 0.265 e. The third kappa shape index (κ3) is 4.33. The third-order valence-electron chi connectivity index (χ3n) is 7.14. The molecule has 0 spiro atoms. The number of fused-ring (bicyclic) bond motifs is 2. The lowest BCUT2D eigenvalue weighted by Gasteiger charge is -2.42. The molecule has 4 rings (SSSR count). The van der Waals surface area contributed by atoms with Crippen LogP contribution in [0.3, 0.4) is 0 Å². The Balaban J connectivity index is 2.03. The summed E-state index contributed by atoms with van der Waals surface area (Å²) in [5.41, 5.74) is 1.90. The molecule has 0 radical (unpaired) electrons. The lowest BCUT2D eigenvalue weighted by Crippen LogP contribution is -2.51. The highest BCUT2D eigenvalue weighted by atomic mass is 28.4. The number of hydrogen-bond acceptors (Lipinski definition) is 4. The average molecular weight is 493 g/mol. The van der Waals surface area contributed by atoms with Gasteiger partial charge in [0.2, 0.25) is 0 Å². The fourth-order valence-corrected chi connectivity index (χ4v) is 10.8. The predicted octanol–water partition coefficient (Wildman–Crippen LogP) is 7.00. The number of nitrogens with zero attached hydrogens (tertiary/aromatic N) is 2. The molecule has 4 aromatic rings. The Kier molecular flexibility index (Phi) is 6.73. The second-order valence-electron chi connectivity index (χ2n) is 10.2. The number of hydrogen-bond donors (Lipinski definition) is 1. The topological polar surface area (TPSA) is 64.3 Å². The smallest absolute Gasteiger partial charge is 0.265 e. The van der Waals surface area contributed by atoms with Crippen molar-refractivity contribution in [3.63, 3.8) is 0 Å². The highest BCUT2D eigenvalue weighted by molar-refractivity contribution is 6.78. The molecule has 5 nitrogen and oxygen atoms in total. The Bertz CT molecular complexity index is 1410. The molecule has 0 unspecified atom stereocenters. The Morgan fingerprint density at radius 2 is 1.60 bits per heavy atom. The summed E-state index contributed by atoms with van der Waals surface area (Å²) >= 11 is 0. The summed E-state index contributed by atoms with van der Waals surface area (Å²) in [4.78, 5) is 18.5. The summed E-state index contributed by atoms with van der Waals surface area (Å²) in [5.74, 6) is -0.00533. The first kappa shape index (κ1) is 24.9. The summed E-state index contributed by atoms with van der Waals surface area (Å²) < 4.78 is 21.8. The van der Waals surface area contributed by atoms with E-state index in [4.69, 9.17) is 4.43 Å². The predicted molar refractivity (Wildman–Crippen MR) is 142 cm³/mol. The van der Waals surface area contributed by atoms with Gasteiger partial charge in [-0.1, -0.05) is 59.7 Å². The fraction of sp³-hybridized carbons (Fsp3) is 0.357. The number of aromatic nitrogens is 2. The van der Waals surface area contributed by atoms with E-state index in [1.807, 2.05) is 18.2 Å². The standard InChI is InChI=1S/C28H33FN2O3Si/c1-17(2)35(18(3)4,19(5)6)34-27-25-22(14-21-8-7-13-30-26(21)27)15-24(32)31(28(25)33)16-20-9-11-23(29)12-10-20/h7-15,17-19,32H,16H2,1-6H3. The quantitative estimate of drug-likeness (QED) is 0.223. The summed E-state index contributed by atoms with van der Waals surface area (Å²) in [5, 5.41) is 12.7. The molecule has 0 aliphatic heterocycles. The summed E-state index contributed by atoms with van der Waals surface area (Å²) in [6.45, 7) is 13.3. The number of aromatic hydroxyl groups is 1. The molecule has 0 saturated carbocycles. The minimum Gasteiger partial charge on any atom is -0.541 e. The Labute approximate surface area is 206 Å². The van der Waals surface area contributed by atoms with E-state index in [1.165, 1.54) is 16.7 Å². The summed E-state index contributed by atoms with van der Waals surface area (Å²) in [7, 11) is -2.43. The van der Waals surface area contributed by atoms with E-state index >= 15 is 0 Å². The third-order valence-corrected chi connectivity index (χ3v) is 13.1. The van der Waals surface area contributed by atoms with Gasteiger partial charge in [-0.05, 0) is 51.8 Å². The van der Waals surface area contributed by atoms with Crippen LogP contribution in [0.25, 0.3) is 21.7 Å². The first-order valence-corrected chi connectivity index (χ1v) is 14.3. The van der Waals surface area contributed by atoms with Crippen molar-refractivity contribution >= 4 is 30.0 Å². The van der Waals surface area contributed by atoms with Crippen molar-refractivity contribution in [2.24, 2.45) is 0 Å². The summed E-state index contributed by atoms with van der Waals surface area (Å²) in [6, 6.07) is 13.2. The Hall–Kier alpha value is -3.19. The zero-order chi connectivity index (χ0) is 25.5. The molecule has 184 valence electrons. The van der Waals surface area contributed by atoms with E-state index in [0.717, 1.165) is 5.39 Å². The van der Waals surface area contributed by atoms with E-state index in [-0.39, 0.29) is 23.8 Å². The van der Waals surface area contributed by atoms with Crippen molar-refractivity contribution in [2.45, 2.75) is 64.7 Å². The van der Waals surface area contributed by atoms with Crippen LogP contribution in [0.5, 0.6) is 11.6 Å². The lowest BCUT2D eigenvalue weighted by molar-refractivity contribution is 0.416. The van der Waals surface area contributed by atoms with Gasteiger partial charge in [0, 0.05) is 17.6 Å². The zero-order valence-electron chi connectivity index (χ0n) is 21.2. The number of rotatable bonds is 7. The molecule has 0 bridgehead atoms. The van der Waals surface area contributed by atoms with Crippen molar-refractivity contribution in [1.82, 2.24) is 9.55 Å². The van der Waals surface area contributed by atoms with Gasteiger partial charge in [-0.3, -0.25) is 14.3 Å². The van der Waals surface area contributed by atoms with Gasteiger partial charge >= 0.3 is 0 Å². The van der Waals surface area contributed by atoms with Gasteiger partial charge in [-0.15, -0.1) is 0 Å². The Morgan fingerprint density at radius 1 is 0.971 bits per heavy atom. The number of pyridine rings is 2. The zero-order valence-corrected chi connectivity index (χ0v) is 22.2. The minimum atomic E-state index is -2.43. The van der Waals surface area contributed by atoms with Gasteiger partial charge < -0.3 is 9.53 Å². The molecule has 35 heavy (non-hydrogen) atoms. The van der Waals surface area contributed by atoms with Gasteiger partial charge in [0.1, 0.15) is 17.1 Å². The molecule has 7 heteroatoms. The molecule has 2 aromatic carbocycles. The molecule has 2 aromatic heterocycles. The molecular formula is C28H33FN2O3Si. The minimum absolute atomic E-state index is 0.113. The van der Waals surface area contributed by atoms with Gasteiger partial charge in [0.15, 0.2) is 5.88 Å². The molecule has 0 aliphatic rings. The van der Waals surface area contributed by atoms with Crippen LogP contribution >= 0.6 is 0 Å². The van der Waals surface area contributed by atoms with Crippen LogP contribution in [-0.2, 0) is 6.54 Å². The second kappa shape index (κ2) is 9.45. The molecule has 0 amide bonds. The van der Waals surface area contributed by atoms with Crippen LogP contribution in [0, 0.1) is 5.82 Å². The van der Waals surface area contributed by atoms with Gasteiger partial charge in [0.25, 0.3) is 13.9 Å². The van der Waals surface area contributed by atoms with E-state index < -0.39 is 8.32 Å². The van der Waals surface area contributed by atoms with E-state index in [9.17, 15) is 14.3 Å². The van der Waals surface area contributed by atoms with Crippen LogP contribution in [0.15, 0.2) is 59.5 Å². The van der Waals surface area contributed by atoms with Crippen molar-refractivity contribution in [1.29, 1.82) is 0 Å². The normalized spacial score (nSPS) is 12.4.